The highest BCUT2D eigenvalue weighted by Crippen LogP contribution is 2.22. The van der Waals surface area contributed by atoms with Gasteiger partial charge in [-0.15, -0.1) is 0 Å². The van der Waals surface area contributed by atoms with Gasteiger partial charge in [0.1, 0.15) is 0 Å². The quantitative estimate of drug-likeness (QED) is 0.758. The van der Waals surface area contributed by atoms with Gasteiger partial charge in [0.25, 0.3) is 0 Å². The lowest BCUT2D eigenvalue weighted by molar-refractivity contribution is 0.289. The number of nitriles is 1. The van der Waals surface area contributed by atoms with E-state index in [1.54, 1.807) is 0 Å². The summed E-state index contributed by atoms with van der Waals surface area (Å²) in [4.78, 5) is 2.14. The molecule has 0 saturated carbocycles. The van der Waals surface area contributed by atoms with Crippen LogP contribution >= 0.6 is 15.9 Å². The van der Waals surface area contributed by atoms with Crippen LogP contribution in [0.15, 0.2) is 4.47 Å². The van der Waals surface area contributed by atoms with Gasteiger partial charge in [-0.3, -0.25) is 9.58 Å². The smallest absolute Gasteiger partial charge is 0.0869 e. The maximum absolute atomic E-state index is 8.81. The van der Waals surface area contributed by atoms with Crippen LogP contribution in [0.2, 0.25) is 0 Å². The summed E-state index contributed by atoms with van der Waals surface area (Å²) in [6, 6.07) is 2.21. The van der Waals surface area contributed by atoms with Gasteiger partial charge >= 0.3 is 0 Å². The van der Waals surface area contributed by atoms with E-state index in [0.717, 1.165) is 41.8 Å². The second kappa shape index (κ2) is 6.77. The number of rotatable bonds is 6. The number of halogens is 1. The summed E-state index contributed by atoms with van der Waals surface area (Å²) in [7, 11) is 1.95. The first kappa shape index (κ1) is 14.2. The summed E-state index contributed by atoms with van der Waals surface area (Å²) in [5.41, 5.74) is 2.22. The normalized spacial score (nSPS) is 10.8. The Hall–Kier alpha value is -0.860. The van der Waals surface area contributed by atoms with Crippen LogP contribution in [0.25, 0.3) is 0 Å². The Morgan fingerprint density at radius 2 is 2.18 bits per heavy atom. The zero-order valence-electron chi connectivity index (χ0n) is 10.7. The van der Waals surface area contributed by atoms with E-state index < -0.39 is 0 Å². The molecule has 0 N–H and O–H groups in total. The van der Waals surface area contributed by atoms with Crippen LogP contribution in [0.4, 0.5) is 0 Å². The molecule has 0 atom stereocenters. The highest BCUT2D eigenvalue weighted by atomic mass is 79.9. The Labute approximate surface area is 111 Å². The summed E-state index contributed by atoms with van der Waals surface area (Å²) < 4.78 is 2.99. The fourth-order valence-corrected chi connectivity index (χ4v) is 2.58. The van der Waals surface area contributed by atoms with Crippen LogP contribution in [-0.2, 0) is 20.0 Å². The van der Waals surface area contributed by atoms with Crippen LogP contribution < -0.4 is 0 Å². The number of hydrogen-bond acceptors (Lipinski definition) is 3. The summed E-state index contributed by atoms with van der Waals surface area (Å²) in [5, 5.41) is 13.3. The molecule has 1 aromatic heterocycles. The van der Waals surface area contributed by atoms with Gasteiger partial charge in [-0.1, -0.05) is 13.8 Å². The van der Waals surface area contributed by atoms with Crippen LogP contribution in [0.3, 0.4) is 0 Å². The monoisotopic (exact) mass is 298 g/mol. The standard InChI is InChI=1S/C12H19BrN4/c1-4-7-17(8-6-14)9-11-12(13)10(5-2)15-16(11)3/h4-5,7-9H2,1-3H3. The Morgan fingerprint density at radius 1 is 1.47 bits per heavy atom. The molecule has 17 heavy (non-hydrogen) atoms. The van der Waals surface area contributed by atoms with Gasteiger partial charge in [0.05, 0.1) is 28.5 Å². The van der Waals surface area contributed by atoms with Crippen molar-refractivity contribution in [2.45, 2.75) is 33.2 Å². The van der Waals surface area contributed by atoms with E-state index >= 15 is 0 Å². The first-order valence-electron chi connectivity index (χ1n) is 5.93. The largest absolute Gasteiger partial charge is 0.285 e. The maximum atomic E-state index is 8.81. The SMILES string of the molecule is CCCN(CC#N)Cc1c(Br)c(CC)nn1C. The van der Waals surface area contributed by atoms with Gasteiger partial charge in [-0.05, 0) is 35.3 Å². The second-order valence-electron chi connectivity index (χ2n) is 4.05. The highest BCUT2D eigenvalue weighted by Gasteiger charge is 2.15. The first-order chi connectivity index (χ1) is 8.13. The number of aromatic nitrogens is 2. The molecule has 0 aromatic carbocycles. The molecule has 0 aliphatic rings. The molecule has 0 amide bonds. The van der Waals surface area contributed by atoms with Gasteiger partial charge in [-0.25, -0.2) is 0 Å². The minimum absolute atomic E-state index is 0.465. The molecule has 0 bridgehead atoms. The van der Waals surface area contributed by atoms with Crippen LogP contribution in [0, 0.1) is 11.3 Å². The molecule has 0 unspecified atom stereocenters. The van der Waals surface area contributed by atoms with Gasteiger partial charge in [0.15, 0.2) is 0 Å². The first-order valence-corrected chi connectivity index (χ1v) is 6.72. The maximum Gasteiger partial charge on any atom is 0.0869 e. The Morgan fingerprint density at radius 3 is 2.65 bits per heavy atom. The number of aryl methyl sites for hydroxylation is 2. The van der Waals surface area contributed by atoms with E-state index in [4.69, 9.17) is 5.26 Å². The molecule has 5 heteroatoms. The van der Waals surface area contributed by atoms with E-state index in [0.29, 0.717) is 6.54 Å². The van der Waals surface area contributed by atoms with Gasteiger partial charge in [-0.2, -0.15) is 10.4 Å². The van der Waals surface area contributed by atoms with Crippen molar-refractivity contribution >= 4 is 15.9 Å². The van der Waals surface area contributed by atoms with Crippen LogP contribution in [0.1, 0.15) is 31.7 Å². The molecule has 0 radical (unpaired) electrons. The number of hydrogen-bond donors (Lipinski definition) is 0. The van der Waals surface area contributed by atoms with E-state index in [1.807, 2.05) is 11.7 Å². The zero-order chi connectivity index (χ0) is 12.8. The van der Waals surface area contributed by atoms with Crippen molar-refractivity contribution in [1.29, 1.82) is 5.26 Å². The fraction of sp³-hybridized carbons (Fsp3) is 0.667. The van der Waals surface area contributed by atoms with Crippen molar-refractivity contribution < 1.29 is 0 Å². The summed E-state index contributed by atoms with van der Waals surface area (Å²) in [5.74, 6) is 0. The predicted molar refractivity (Wildman–Crippen MR) is 71.5 cm³/mol. The lowest BCUT2D eigenvalue weighted by Crippen LogP contribution is -2.25. The van der Waals surface area contributed by atoms with Crippen molar-refractivity contribution in [1.82, 2.24) is 14.7 Å². The number of nitrogens with zero attached hydrogens (tertiary/aromatic N) is 4. The molecule has 1 rings (SSSR count). The van der Waals surface area contributed by atoms with Crippen LogP contribution in [-0.4, -0.2) is 27.8 Å². The molecule has 0 fully saturated rings. The Balaban J connectivity index is 2.85. The average molecular weight is 299 g/mol. The lowest BCUT2D eigenvalue weighted by atomic mass is 10.3. The third-order valence-corrected chi connectivity index (χ3v) is 3.63. The average Bonchev–Trinajstić information content (AvgIpc) is 2.57. The minimum Gasteiger partial charge on any atom is -0.285 e. The Kier molecular flexibility index (Phi) is 5.66. The van der Waals surface area contributed by atoms with Crippen molar-refractivity contribution in [3.8, 4) is 6.07 Å². The molecule has 94 valence electrons. The molecule has 1 heterocycles. The van der Waals surface area contributed by atoms with Gasteiger partial charge in [0.2, 0.25) is 0 Å². The molecule has 0 aliphatic heterocycles. The highest BCUT2D eigenvalue weighted by molar-refractivity contribution is 9.10. The molecule has 4 nitrogen and oxygen atoms in total. The van der Waals surface area contributed by atoms with Gasteiger partial charge < -0.3 is 0 Å². The fourth-order valence-electron chi connectivity index (χ4n) is 1.83. The summed E-state index contributed by atoms with van der Waals surface area (Å²) in [6.07, 6.45) is 1.97. The third kappa shape index (κ3) is 3.55. The zero-order valence-corrected chi connectivity index (χ0v) is 12.3. The van der Waals surface area contributed by atoms with E-state index in [-0.39, 0.29) is 0 Å². The van der Waals surface area contributed by atoms with Gasteiger partial charge in [0, 0.05) is 13.6 Å². The molecule has 1 aromatic rings. The van der Waals surface area contributed by atoms with Crippen molar-refractivity contribution in [2.24, 2.45) is 7.05 Å². The lowest BCUT2D eigenvalue weighted by Gasteiger charge is -2.18. The molecular formula is C12H19BrN4. The van der Waals surface area contributed by atoms with Crippen LogP contribution in [0.5, 0.6) is 0 Å². The molecule has 0 aliphatic carbocycles. The van der Waals surface area contributed by atoms with E-state index in [2.05, 4.69) is 45.8 Å². The predicted octanol–water partition coefficient (Wildman–Crippen LogP) is 2.48. The summed E-state index contributed by atoms with van der Waals surface area (Å²) >= 11 is 3.60. The minimum atomic E-state index is 0.465. The van der Waals surface area contributed by atoms with E-state index in [9.17, 15) is 0 Å². The van der Waals surface area contributed by atoms with Crippen molar-refractivity contribution in [3.63, 3.8) is 0 Å². The molecular weight excluding hydrogens is 280 g/mol. The molecule has 0 spiro atoms. The third-order valence-electron chi connectivity index (χ3n) is 2.71. The topological polar surface area (TPSA) is 44.9 Å². The Bertz CT molecular complexity index is 405. The summed E-state index contributed by atoms with van der Waals surface area (Å²) in [6.45, 7) is 6.39. The molecule has 0 saturated heterocycles. The second-order valence-corrected chi connectivity index (χ2v) is 4.85. The van der Waals surface area contributed by atoms with E-state index in [1.165, 1.54) is 0 Å². The van der Waals surface area contributed by atoms with Crippen molar-refractivity contribution in [2.75, 3.05) is 13.1 Å². The van der Waals surface area contributed by atoms with Crippen molar-refractivity contribution in [3.05, 3.63) is 15.9 Å².